The van der Waals surface area contributed by atoms with Crippen molar-refractivity contribution in [2.75, 3.05) is 5.32 Å². The molecule has 0 radical (unpaired) electrons. The van der Waals surface area contributed by atoms with Crippen LogP contribution in [0.3, 0.4) is 0 Å². The van der Waals surface area contributed by atoms with Gasteiger partial charge in [-0.15, -0.1) is 5.10 Å². The minimum Gasteiger partial charge on any atom is -0.471 e. The number of hydrogen-bond donors (Lipinski definition) is 1. The number of halogens is 2. The molecular formula is C20H16BrClN6O2. The van der Waals surface area contributed by atoms with E-state index < -0.39 is 5.91 Å². The molecule has 0 saturated heterocycles. The number of nitrogens with one attached hydrogen (secondary N) is 1. The van der Waals surface area contributed by atoms with Crippen LogP contribution in [-0.2, 0) is 13.3 Å². The number of carbonyl (C=O) groups is 1. The summed E-state index contributed by atoms with van der Waals surface area (Å²) < 4.78 is 9.75. The smallest absolute Gasteiger partial charge is 0.278 e. The van der Waals surface area contributed by atoms with Crippen molar-refractivity contribution in [3.05, 3.63) is 87.9 Å². The van der Waals surface area contributed by atoms with Gasteiger partial charge in [0.2, 0.25) is 5.95 Å². The number of rotatable bonds is 7. The lowest BCUT2D eigenvalue weighted by Gasteiger charge is -2.06. The molecule has 30 heavy (non-hydrogen) atoms. The monoisotopic (exact) mass is 486 g/mol. The summed E-state index contributed by atoms with van der Waals surface area (Å²) in [6, 6.07) is 16.5. The van der Waals surface area contributed by atoms with E-state index in [0.717, 1.165) is 10.0 Å². The Kier molecular flexibility index (Phi) is 6.10. The molecule has 2 heterocycles. The van der Waals surface area contributed by atoms with Crippen molar-refractivity contribution in [3.8, 4) is 5.75 Å². The highest BCUT2D eigenvalue weighted by molar-refractivity contribution is 9.10. The third kappa shape index (κ3) is 5.25. The Balaban J connectivity index is 1.33. The van der Waals surface area contributed by atoms with Gasteiger partial charge in [0, 0.05) is 15.7 Å². The van der Waals surface area contributed by atoms with E-state index in [-0.39, 0.29) is 18.4 Å². The fourth-order valence-electron chi connectivity index (χ4n) is 2.64. The molecule has 0 saturated carbocycles. The maximum absolute atomic E-state index is 12.4. The molecule has 0 fully saturated rings. The molecule has 1 amide bonds. The van der Waals surface area contributed by atoms with Gasteiger partial charge < -0.3 is 4.74 Å². The standard InChI is InChI=1S/C20H16BrClN6O2/c21-15-4-6-17(7-5-15)30-13-27-9-8-18(25-27)19(29)24-20-23-12-28(26-20)11-14-2-1-3-16(22)10-14/h1-10,12H,11,13H2,(H,24,26,29). The van der Waals surface area contributed by atoms with Crippen molar-refractivity contribution in [1.29, 1.82) is 0 Å². The van der Waals surface area contributed by atoms with Crippen LogP contribution < -0.4 is 10.1 Å². The number of carbonyl (C=O) groups excluding carboxylic acids is 1. The fourth-order valence-corrected chi connectivity index (χ4v) is 3.12. The van der Waals surface area contributed by atoms with Crippen LogP contribution in [0.25, 0.3) is 0 Å². The van der Waals surface area contributed by atoms with Crippen molar-refractivity contribution in [2.45, 2.75) is 13.3 Å². The first-order valence-corrected chi connectivity index (χ1v) is 10.1. The SMILES string of the molecule is O=C(Nc1ncn(Cc2cccc(Cl)c2)n1)c1ccn(COc2ccc(Br)cc2)n1. The average Bonchev–Trinajstić information content (AvgIpc) is 3.37. The first-order valence-electron chi connectivity index (χ1n) is 8.92. The molecule has 8 nitrogen and oxygen atoms in total. The highest BCUT2D eigenvalue weighted by Gasteiger charge is 2.13. The van der Waals surface area contributed by atoms with Crippen molar-refractivity contribution < 1.29 is 9.53 Å². The summed E-state index contributed by atoms with van der Waals surface area (Å²) in [5, 5.41) is 11.8. The summed E-state index contributed by atoms with van der Waals surface area (Å²) in [5.41, 5.74) is 1.22. The fraction of sp³-hybridized carbons (Fsp3) is 0.100. The number of anilines is 1. The Morgan fingerprint density at radius 1 is 1.10 bits per heavy atom. The number of amides is 1. The molecule has 0 unspecified atom stereocenters. The Morgan fingerprint density at radius 2 is 1.93 bits per heavy atom. The predicted molar refractivity (Wildman–Crippen MR) is 116 cm³/mol. The van der Waals surface area contributed by atoms with Crippen LogP contribution in [0.1, 0.15) is 16.1 Å². The highest BCUT2D eigenvalue weighted by Crippen LogP contribution is 2.16. The van der Waals surface area contributed by atoms with Crippen LogP contribution in [0.15, 0.2) is 71.6 Å². The highest BCUT2D eigenvalue weighted by atomic mass is 79.9. The molecule has 4 rings (SSSR count). The second-order valence-electron chi connectivity index (χ2n) is 6.32. The third-order valence-electron chi connectivity index (χ3n) is 4.05. The molecule has 1 N–H and O–H groups in total. The van der Waals surface area contributed by atoms with Crippen molar-refractivity contribution in [2.24, 2.45) is 0 Å². The zero-order valence-corrected chi connectivity index (χ0v) is 17.9. The summed E-state index contributed by atoms with van der Waals surface area (Å²) in [7, 11) is 0. The van der Waals surface area contributed by atoms with Crippen molar-refractivity contribution >= 4 is 39.4 Å². The van der Waals surface area contributed by atoms with Gasteiger partial charge >= 0.3 is 0 Å². The predicted octanol–water partition coefficient (Wildman–Crippen LogP) is 4.23. The van der Waals surface area contributed by atoms with Crippen LogP contribution in [0.5, 0.6) is 5.75 Å². The second kappa shape index (κ2) is 9.10. The van der Waals surface area contributed by atoms with E-state index >= 15 is 0 Å². The Bertz CT molecular complexity index is 1160. The zero-order chi connectivity index (χ0) is 20.9. The van der Waals surface area contributed by atoms with Crippen LogP contribution in [-0.4, -0.2) is 30.5 Å². The van der Waals surface area contributed by atoms with E-state index in [0.29, 0.717) is 17.3 Å². The van der Waals surface area contributed by atoms with E-state index in [1.165, 1.54) is 4.68 Å². The molecule has 2 aromatic carbocycles. The van der Waals surface area contributed by atoms with Crippen LogP contribution >= 0.6 is 27.5 Å². The van der Waals surface area contributed by atoms with Gasteiger partial charge in [0.25, 0.3) is 5.91 Å². The molecule has 2 aromatic heterocycles. The summed E-state index contributed by atoms with van der Waals surface area (Å²) in [6.07, 6.45) is 3.21. The summed E-state index contributed by atoms with van der Waals surface area (Å²) in [6.45, 7) is 0.673. The van der Waals surface area contributed by atoms with Gasteiger partial charge in [0.15, 0.2) is 12.4 Å². The van der Waals surface area contributed by atoms with Crippen LogP contribution in [0, 0.1) is 0 Å². The Hall–Kier alpha value is -3.17. The number of hydrogen-bond acceptors (Lipinski definition) is 5. The van der Waals surface area contributed by atoms with Gasteiger partial charge in [-0.05, 0) is 48.0 Å². The van der Waals surface area contributed by atoms with E-state index in [1.807, 2.05) is 42.5 Å². The molecular weight excluding hydrogens is 472 g/mol. The van der Waals surface area contributed by atoms with Gasteiger partial charge in [0.1, 0.15) is 12.1 Å². The summed E-state index contributed by atoms with van der Waals surface area (Å²) >= 11 is 9.37. The first-order chi connectivity index (χ1) is 14.5. The van der Waals surface area contributed by atoms with Gasteiger partial charge in [-0.3, -0.25) is 10.1 Å². The quantitative estimate of drug-likeness (QED) is 0.422. The van der Waals surface area contributed by atoms with Crippen molar-refractivity contribution in [3.63, 3.8) is 0 Å². The minimum atomic E-state index is -0.405. The lowest BCUT2D eigenvalue weighted by molar-refractivity contribution is 0.101. The van der Waals surface area contributed by atoms with Gasteiger partial charge in [0.05, 0.1) is 6.54 Å². The van der Waals surface area contributed by atoms with Crippen LogP contribution in [0.4, 0.5) is 5.95 Å². The average molecular weight is 488 g/mol. The summed E-state index contributed by atoms with van der Waals surface area (Å²) in [4.78, 5) is 16.5. The van der Waals surface area contributed by atoms with E-state index in [4.69, 9.17) is 16.3 Å². The Labute approximate surface area is 185 Å². The van der Waals surface area contributed by atoms with Gasteiger partial charge in [-0.25, -0.2) is 14.3 Å². The molecule has 152 valence electrons. The number of nitrogens with zero attached hydrogens (tertiary/aromatic N) is 5. The number of benzene rings is 2. The van der Waals surface area contributed by atoms with Gasteiger partial charge in [-0.1, -0.05) is 39.7 Å². The van der Waals surface area contributed by atoms with Crippen LogP contribution in [0.2, 0.25) is 5.02 Å². The lowest BCUT2D eigenvalue weighted by Crippen LogP contribution is -2.15. The van der Waals surface area contributed by atoms with E-state index in [2.05, 4.69) is 36.4 Å². The Morgan fingerprint density at radius 3 is 2.73 bits per heavy atom. The second-order valence-corrected chi connectivity index (χ2v) is 7.67. The zero-order valence-electron chi connectivity index (χ0n) is 15.6. The van der Waals surface area contributed by atoms with E-state index in [9.17, 15) is 4.79 Å². The van der Waals surface area contributed by atoms with Crippen molar-refractivity contribution in [1.82, 2.24) is 24.5 Å². The maximum Gasteiger partial charge on any atom is 0.278 e. The molecule has 0 spiro atoms. The number of ether oxygens (including phenoxy) is 1. The van der Waals surface area contributed by atoms with Gasteiger partial charge in [-0.2, -0.15) is 5.10 Å². The molecule has 0 aliphatic heterocycles. The molecule has 4 aromatic rings. The molecule has 10 heteroatoms. The summed E-state index contributed by atoms with van der Waals surface area (Å²) in [5.74, 6) is 0.495. The molecule has 0 aliphatic rings. The molecule has 0 aliphatic carbocycles. The normalized spacial score (nSPS) is 10.7. The van der Waals surface area contributed by atoms with E-state index in [1.54, 1.807) is 29.3 Å². The molecule has 0 atom stereocenters. The maximum atomic E-state index is 12.4. The first kappa shape index (κ1) is 20.1. The minimum absolute atomic E-state index is 0.182. The number of aromatic nitrogens is 5. The lowest BCUT2D eigenvalue weighted by atomic mass is 10.2. The largest absolute Gasteiger partial charge is 0.471 e. The topological polar surface area (TPSA) is 86.9 Å². The third-order valence-corrected chi connectivity index (χ3v) is 4.81. The molecule has 0 bridgehead atoms.